The van der Waals surface area contributed by atoms with Gasteiger partial charge in [0, 0.05) is 18.0 Å². The Labute approximate surface area is 190 Å². The number of nitrogens with one attached hydrogen (secondary N) is 2. The van der Waals surface area contributed by atoms with Gasteiger partial charge in [0.05, 0.1) is 25.6 Å². The lowest BCUT2D eigenvalue weighted by Crippen LogP contribution is -2.19. The zero-order chi connectivity index (χ0) is 23.2. The second-order valence-electron chi connectivity index (χ2n) is 6.88. The first kappa shape index (κ1) is 21.6. The number of nitrogens with zero attached hydrogens (tertiary/aromatic N) is 4. The van der Waals surface area contributed by atoms with E-state index in [0.29, 0.717) is 40.3 Å². The van der Waals surface area contributed by atoms with E-state index >= 15 is 0 Å². The number of urea groups is 1. The van der Waals surface area contributed by atoms with Gasteiger partial charge in [0.15, 0.2) is 17.3 Å². The number of methoxy groups -OCH3 is 2. The highest BCUT2D eigenvalue weighted by Crippen LogP contribution is 2.34. The number of hydrogen-bond acceptors (Lipinski definition) is 7. The third-order valence-corrected chi connectivity index (χ3v) is 4.57. The number of carbonyl (C=O) groups is 1. The van der Waals surface area contributed by atoms with Crippen LogP contribution in [0.2, 0.25) is 0 Å². The van der Waals surface area contributed by atoms with Gasteiger partial charge in [-0.1, -0.05) is 6.07 Å². The topological polar surface area (TPSA) is 112 Å². The predicted molar refractivity (Wildman–Crippen MR) is 123 cm³/mol. The van der Waals surface area contributed by atoms with E-state index in [2.05, 4.69) is 25.9 Å². The molecule has 0 unspecified atom stereocenters. The van der Waals surface area contributed by atoms with E-state index in [4.69, 9.17) is 14.2 Å². The molecule has 0 aliphatic rings. The second-order valence-corrected chi connectivity index (χ2v) is 6.88. The van der Waals surface area contributed by atoms with Gasteiger partial charge in [-0.25, -0.2) is 9.48 Å². The molecule has 2 N–H and O–H groups in total. The summed E-state index contributed by atoms with van der Waals surface area (Å²) in [6.45, 7) is 1.90. The highest BCUT2D eigenvalue weighted by molar-refractivity contribution is 6.01. The molecule has 168 valence electrons. The molecule has 10 nitrogen and oxygen atoms in total. The van der Waals surface area contributed by atoms with Gasteiger partial charge in [-0.3, -0.25) is 0 Å². The summed E-state index contributed by atoms with van der Waals surface area (Å²) in [5.41, 5.74) is 1.96. The largest absolute Gasteiger partial charge is 0.493 e. The van der Waals surface area contributed by atoms with Gasteiger partial charge in [-0.15, -0.1) is 10.2 Å². The van der Waals surface area contributed by atoms with E-state index in [1.165, 1.54) is 14.2 Å². The van der Waals surface area contributed by atoms with Crippen molar-refractivity contribution >= 4 is 17.4 Å². The van der Waals surface area contributed by atoms with Crippen LogP contribution in [-0.4, -0.2) is 40.2 Å². The number of anilines is 2. The molecule has 4 rings (SSSR count). The molecule has 0 radical (unpaired) electrons. The molecule has 0 atom stereocenters. The number of para-hydroxylation sites is 1. The van der Waals surface area contributed by atoms with E-state index in [1.54, 1.807) is 59.3 Å². The van der Waals surface area contributed by atoms with Gasteiger partial charge in [-0.2, -0.15) is 5.10 Å². The summed E-state index contributed by atoms with van der Waals surface area (Å²) < 4.78 is 17.9. The number of ether oxygens (including phenoxy) is 3. The van der Waals surface area contributed by atoms with E-state index in [9.17, 15) is 4.79 Å². The van der Waals surface area contributed by atoms with Crippen molar-refractivity contribution in [2.45, 2.75) is 6.92 Å². The maximum Gasteiger partial charge on any atom is 0.323 e. The molecule has 2 aromatic heterocycles. The van der Waals surface area contributed by atoms with Crippen molar-refractivity contribution < 1.29 is 19.0 Å². The first-order valence-corrected chi connectivity index (χ1v) is 9.99. The van der Waals surface area contributed by atoms with Crippen molar-refractivity contribution in [2.24, 2.45) is 0 Å². The van der Waals surface area contributed by atoms with Crippen molar-refractivity contribution in [3.63, 3.8) is 0 Å². The molecule has 33 heavy (non-hydrogen) atoms. The summed E-state index contributed by atoms with van der Waals surface area (Å²) in [5.74, 6) is 2.44. The van der Waals surface area contributed by atoms with E-state index in [-0.39, 0.29) is 0 Å². The highest BCUT2D eigenvalue weighted by atomic mass is 16.5. The third kappa shape index (κ3) is 5.18. The van der Waals surface area contributed by atoms with Crippen LogP contribution in [0.4, 0.5) is 16.2 Å². The Morgan fingerprint density at radius 2 is 1.73 bits per heavy atom. The summed E-state index contributed by atoms with van der Waals surface area (Å²) >= 11 is 0. The van der Waals surface area contributed by atoms with Crippen molar-refractivity contribution in [3.05, 3.63) is 72.6 Å². The maximum atomic E-state index is 12.4. The average Bonchev–Trinajstić information content (AvgIpc) is 3.27. The molecule has 0 saturated carbocycles. The van der Waals surface area contributed by atoms with Crippen LogP contribution < -0.4 is 24.8 Å². The van der Waals surface area contributed by atoms with E-state index in [0.717, 1.165) is 5.69 Å². The predicted octanol–water partition coefficient (Wildman–Crippen LogP) is 4.42. The van der Waals surface area contributed by atoms with Crippen LogP contribution in [0.1, 0.15) is 5.69 Å². The summed E-state index contributed by atoms with van der Waals surface area (Å²) in [6, 6.07) is 17.0. The number of rotatable bonds is 7. The first-order chi connectivity index (χ1) is 16.1. The van der Waals surface area contributed by atoms with Gasteiger partial charge in [-0.05, 0) is 55.5 Å². The minimum absolute atomic E-state index is 0.339. The lowest BCUT2D eigenvalue weighted by Gasteiger charge is -2.14. The fraction of sp³-hybridized carbons (Fsp3) is 0.130. The van der Waals surface area contributed by atoms with E-state index < -0.39 is 6.03 Å². The van der Waals surface area contributed by atoms with Gasteiger partial charge in [0.2, 0.25) is 5.88 Å². The molecule has 10 heteroatoms. The molecule has 2 aromatic carbocycles. The van der Waals surface area contributed by atoms with Gasteiger partial charge in [0.1, 0.15) is 5.75 Å². The molecule has 0 spiro atoms. The number of aryl methyl sites for hydroxylation is 1. The highest BCUT2D eigenvalue weighted by Gasteiger charge is 2.12. The smallest absolute Gasteiger partial charge is 0.323 e. The third-order valence-electron chi connectivity index (χ3n) is 4.57. The quantitative estimate of drug-likeness (QED) is 0.432. The fourth-order valence-electron chi connectivity index (χ4n) is 3.03. The molecule has 0 bridgehead atoms. The Bertz CT molecular complexity index is 1240. The Balaban J connectivity index is 1.36. The van der Waals surface area contributed by atoms with Crippen molar-refractivity contribution in [2.75, 3.05) is 24.9 Å². The molecule has 0 aliphatic heterocycles. The number of aromatic nitrogens is 4. The average molecular weight is 446 g/mol. The van der Waals surface area contributed by atoms with Crippen LogP contribution >= 0.6 is 0 Å². The zero-order valence-electron chi connectivity index (χ0n) is 18.3. The van der Waals surface area contributed by atoms with Crippen LogP contribution in [0.25, 0.3) is 5.82 Å². The molecule has 0 fully saturated rings. The summed E-state index contributed by atoms with van der Waals surface area (Å²) in [4.78, 5) is 12.4. The minimum atomic E-state index is -0.425. The van der Waals surface area contributed by atoms with Crippen LogP contribution in [-0.2, 0) is 0 Å². The summed E-state index contributed by atoms with van der Waals surface area (Å²) in [5, 5.41) is 18.0. The summed E-state index contributed by atoms with van der Waals surface area (Å²) in [6.07, 6.45) is 1.81. The molecule has 0 saturated heterocycles. The van der Waals surface area contributed by atoms with Crippen LogP contribution in [0.3, 0.4) is 0 Å². The minimum Gasteiger partial charge on any atom is -0.493 e. The maximum absolute atomic E-state index is 12.4. The molecule has 2 amide bonds. The Kier molecular flexibility index (Phi) is 6.35. The van der Waals surface area contributed by atoms with Crippen molar-refractivity contribution in [1.82, 2.24) is 20.0 Å². The molecule has 4 aromatic rings. The number of amides is 2. The number of hydrogen-bond donors (Lipinski definition) is 2. The molecular weight excluding hydrogens is 424 g/mol. The summed E-state index contributed by atoms with van der Waals surface area (Å²) in [7, 11) is 3.04. The first-order valence-electron chi connectivity index (χ1n) is 9.99. The fourth-order valence-corrected chi connectivity index (χ4v) is 3.03. The Hall–Kier alpha value is -4.60. The molecule has 0 aliphatic carbocycles. The van der Waals surface area contributed by atoms with Gasteiger partial charge < -0.3 is 24.8 Å². The SMILES string of the molecule is COc1cccc(NC(=O)Nc2ccc(Oc3ccc(-n4ccc(C)n4)nn3)cc2)c1OC. The van der Waals surface area contributed by atoms with Crippen molar-refractivity contribution in [3.8, 4) is 28.9 Å². The normalized spacial score (nSPS) is 10.4. The Morgan fingerprint density at radius 1 is 0.909 bits per heavy atom. The molecular formula is C23H22N6O4. The lowest BCUT2D eigenvalue weighted by atomic mass is 10.2. The van der Waals surface area contributed by atoms with Crippen LogP contribution in [0, 0.1) is 6.92 Å². The standard InChI is InChI=1S/C23H22N6O4/c1-15-13-14-29(28-15)20-11-12-21(27-26-20)33-17-9-7-16(8-10-17)24-23(30)25-18-5-4-6-19(31-2)22(18)32-3/h4-14H,1-3H3,(H2,24,25,30). The second kappa shape index (κ2) is 9.69. The van der Waals surface area contributed by atoms with Gasteiger partial charge >= 0.3 is 6.03 Å². The lowest BCUT2D eigenvalue weighted by molar-refractivity contribution is 0.262. The van der Waals surface area contributed by atoms with E-state index in [1.807, 2.05) is 19.2 Å². The number of carbonyl (C=O) groups excluding carboxylic acids is 1. The zero-order valence-corrected chi connectivity index (χ0v) is 18.3. The van der Waals surface area contributed by atoms with Crippen molar-refractivity contribution in [1.29, 1.82) is 0 Å². The van der Waals surface area contributed by atoms with Crippen LogP contribution in [0.5, 0.6) is 23.1 Å². The van der Waals surface area contributed by atoms with Crippen LogP contribution in [0.15, 0.2) is 66.9 Å². The van der Waals surface area contributed by atoms with Gasteiger partial charge in [0.25, 0.3) is 0 Å². The monoisotopic (exact) mass is 446 g/mol. The Morgan fingerprint density at radius 3 is 2.36 bits per heavy atom. The number of benzene rings is 2. The molecule has 2 heterocycles.